The number of halogens is 4. The zero-order valence-corrected chi connectivity index (χ0v) is 20.1. The van der Waals surface area contributed by atoms with Gasteiger partial charge in [-0.25, -0.2) is 9.67 Å². The number of aliphatic imine (C=N–C) groups is 1. The van der Waals surface area contributed by atoms with Gasteiger partial charge in [-0.15, -0.1) is 4.80 Å². The largest absolute Gasteiger partial charge is 0.434 e. The van der Waals surface area contributed by atoms with Crippen LogP contribution in [0.25, 0.3) is 22.3 Å². The molecule has 0 saturated heterocycles. The first-order valence-corrected chi connectivity index (χ1v) is 10.9. The number of nitrogens with zero attached hydrogens (tertiary/aromatic N) is 7. The Morgan fingerprint density at radius 3 is 2.51 bits per heavy atom. The molecule has 0 aliphatic rings. The van der Waals surface area contributed by atoms with Gasteiger partial charge >= 0.3 is 6.18 Å². The van der Waals surface area contributed by atoms with Gasteiger partial charge in [-0.1, -0.05) is 17.7 Å². The molecule has 0 unspecified atom stereocenters. The van der Waals surface area contributed by atoms with E-state index in [1.165, 1.54) is 67.5 Å². The Morgan fingerprint density at radius 1 is 1.16 bits per heavy atom. The van der Waals surface area contributed by atoms with Gasteiger partial charge in [0.05, 0.1) is 34.9 Å². The fourth-order valence-electron chi connectivity index (χ4n) is 3.61. The number of aryl methyl sites for hydroxylation is 1. The van der Waals surface area contributed by atoms with Crippen LogP contribution in [0.1, 0.15) is 23.0 Å². The van der Waals surface area contributed by atoms with Crippen LogP contribution < -0.4 is 10.9 Å². The second kappa shape index (κ2) is 9.85. The fraction of sp³-hybridized carbons (Fsp3) is 0.130. The van der Waals surface area contributed by atoms with E-state index in [0.29, 0.717) is 4.68 Å². The lowest BCUT2D eigenvalue weighted by Gasteiger charge is -2.15. The van der Waals surface area contributed by atoms with E-state index < -0.39 is 23.3 Å². The van der Waals surface area contributed by atoms with E-state index in [-0.39, 0.29) is 38.6 Å². The van der Waals surface area contributed by atoms with Gasteiger partial charge in [0.15, 0.2) is 11.5 Å². The first-order chi connectivity index (χ1) is 17.5. The van der Waals surface area contributed by atoms with Gasteiger partial charge < -0.3 is 9.88 Å². The van der Waals surface area contributed by atoms with Crippen molar-refractivity contribution in [3.8, 4) is 5.69 Å². The van der Waals surface area contributed by atoms with Crippen molar-refractivity contribution in [3.63, 3.8) is 0 Å². The minimum Gasteiger partial charge on any atom is -0.326 e. The second-order valence-electron chi connectivity index (χ2n) is 7.72. The molecule has 10 nitrogen and oxygen atoms in total. The third-order valence-electron chi connectivity index (χ3n) is 5.23. The summed E-state index contributed by atoms with van der Waals surface area (Å²) in [5.41, 5.74) is -2.31. The Hall–Kier alpha value is -4.52. The number of benzene rings is 1. The van der Waals surface area contributed by atoms with Crippen molar-refractivity contribution >= 4 is 40.8 Å². The van der Waals surface area contributed by atoms with Crippen LogP contribution in [0, 0.1) is 0 Å². The summed E-state index contributed by atoms with van der Waals surface area (Å²) in [5, 5.41) is 14.4. The predicted octanol–water partition coefficient (Wildman–Crippen LogP) is 3.73. The fourth-order valence-corrected chi connectivity index (χ4v) is 3.91. The Labute approximate surface area is 212 Å². The van der Waals surface area contributed by atoms with Crippen molar-refractivity contribution in [3.05, 3.63) is 87.5 Å². The summed E-state index contributed by atoms with van der Waals surface area (Å²) in [5.74, 6) is -1.02. The normalized spacial score (nSPS) is 13.0. The lowest BCUT2D eigenvalue weighted by Crippen LogP contribution is -2.25. The quantitative estimate of drug-likeness (QED) is 0.301. The Balaban J connectivity index is 1.75. The van der Waals surface area contributed by atoms with Gasteiger partial charge in [0.25, 0.3) is 11.5 Å². The van der Waals surface area contributed by atoms with Gasteiger partial charge in [0.2, 0.25) is 0 Å². The third kappa shape index (κ3) is 4.93. The van der Waals surface area contributed by atoms with Crippen molar-refractivity contribution in [1.29, 1.82) is 0 Å². The topological polar surface area (TPSA) is 112 Å². The van der Waals surface area contributed by atoms with Crippen molar-refractivity contribution in [2.75, 3.05) is 0 Å². The standard InChI is InChI=1S/C23H18ClF3N8O2/c1-13(11-17(24)20(28-2)35-29-8-9-30-35)32-21(36)16-12-31-34(19(16)23(25,26)27)18-6-4-5-15-14(18)7-10-33(3)22(15)37/h4-12H,2H2,1,3H3,(H,32,36)/b13-11+,20-17-. The molecular weight excluding hydrogens is 513 g/mol. The van der Waals surface area contributed by atoms with Crippen LogP contribution in [0.15, 0.2) is 75.6 Å². The highest BCUT2D eigenvalue weighted by atomic mass is 35.5. The van der Waals surface area contributed by atoms with Crippen molar-refractivity contribution in [1.82, 2.24) is 34.7 Å². The molecule has 1 amide bonds. The summed E-state index contributed by atoms with van der Waals surface area (Å²) in [6.07, 6.45) is 1.34. The van der Waals surface area contributed by atoms with Crippen LogP contribution in [0.4, 0.5) is 13.2 Å². The summed E-state index contributed by atoms with van der Waals surface area (Å²) < 4.78 is 44.5. The smallest absolute Gasteiger partial charge is 0.326 e. The maximum Gasteiger partial charge on any atom is 0.434 e. The van der Waals surface area contributed by atoms with Crippen LogP contribution in [0.3, 0.4) is 0 Å². The highest BCUT2D eigenvalue weighted by Crippen LogP contribution is 2.35. The summed E-state index contributed by atoms with van der Waals surface area (Å²) in [6.45, 7) is 4.82. The molecule has 0 atom stereocenters. The molecule has 0 fully saturated rings. The molecule has 3 aromatic heterocycles. The first kappa shape index (κ1) is 25.6. The van der Waals surface area contributed by atoms with Crippen molar-refractivity contribution in [2.24, 2.45) is 12.0 Å². The molecule has 0 bridgehead atoms. The Bertz CT molecular complexity index is 1630. The monoisotopic (exact) mass is 530 g/mol. The van der Waals surface area contributed by atoms with E-state index in [1.807, 2.05) is 0 Å². The van der Waals surface area contributed by atoms with E-state index >= 15 is 0 Å². The minimum absolute atomic E-state index is 0.00626. The highest BCUT2D eigenvalue weighted by molar-refractivity contribution is 6.33. The molecule has 37 heavy (non-hydrogen) atoms. The van der Waals surface area contributed by atoms with Gasteiger partial charge in [-0.3, -0.25) is 9.59 Å². The molecule has 3 heterocycles. The summed E-state index contributed by atoms with van der Waals surface area (Å²) >= 11 is 6.22. The molecule has 4 aromatic rings. The predicted molar refractivity (Wildman–Crippen MR) is 131 cm³/mol. The van der Waals surface area contributed by atoms with E-state index in [0.717, 1.165) is 11.0 Å². The SMILES string of the molecule is C=N/C(=C(Cl)\C=C(/C)NC(=O)c1cnn(-c2cccc3c(=O)n(C)ccc23)c1C(F)(F)F)n1nccn1. The Kier molecular flexibility index (Phi) is 6.81. The van der Waals surface area contributed by atoms with E-state index in [9.17, 15) is 22.8 Å². The number of aromatic nitrogens is 6. The van der Waals surface area contributed by atoms with Crippen LogP contribution in [-0.2, 0) is 13.2 Å². The molecule has 190 valence electrons. The van der Waals surface area contributed by atoms with Gasteiger partial charge in [-0.05, 0) is 37.9 Å². The lowest BCUT2D eigenvalue weighted by molar-refractivity contribution is -0.143. The second-order valence-corrected chi connectivity index (χ2v) is 8.12. The van der Waals surface area contributed by atoms with Crippen molar-refractivity contribution < 1.29 is 18.0 Å². The molecule has 14 heteroatoms. The average Bonchev–Trinajstić information content (AvgIpc) is 3.52. The van der Waals surface area contributed by atoms with E-state index in [4.69, 9.17) is 11.6 Å². The van der Waals surface area contributed by atoms with Gasteiger partial charge in [0.1, 0.15) is 0 Å². The molecule has 0 radical (unpaired) electrons. The summed E-state index contributed by atoms with van der Waals surface area (Å²) in [7, 11) is 1.53. The van der Waals surface area contributed by atoms with Crippen LogP contribution in [0.5, 0.6) is 0 Å². The van der Waals surface area contributed by atoms with E-state index in [1.54, 1.807) is 0 Å². The number of allylic oxidation sites excluding steroid dienone is 3. The summed E-state index contributed by atoms with van der Waals surface area (Å²) in [6, 6.07) is 5.84. The number of pyridine rings is 1. The summed E-state index contributed by atoms with van der Waals surface area (Å²) in [4.78, 5) is 30.2. The number of rotatable bonds is 6. The maximum atomic E-state index is 14.2. The Morgan fingerprint density at radius 2 is 1.86 bits per heavy atom. The first-order valence-electron chi connectivity index (χ1n) is 10.5. The number of carbonyl (C=O) groups excluding carboxylic acids is 1. The minimum atomic E-state index is -4.95. The van der Waals surface area contributed by atoms with E-state index in [2.05, 4.69) is 32.3 Å². The zero-order valence-electron chi connectivity index (χ0n) is 19.4. The molecular formula is C23H18ClF3N8O2. The molecule has 4 rings (SSSR count). The molecule has 0 aliphatic carbocycles. The molecule has 1 N–H and O–H groups in total. The number of hydrogen-bond donors (Lipinski definition) is 1. The molecule has 1 aromatic carbocycles. The highest BCUT2D eigenvalue weighted by Gasteiger charge is 2.41. The average molecular weight is 531 g/mol. The molecule has 0 aliphatic heterocycles. The number of hydrogen-bond acceptors (Lipinski definition) is 6. The number of nitrogens with one attached hydrogen (secondary N) is 1. The number of amides is 1. The lowest BCUT2D eigenvalue weighted by atomic mass is 10.1. The maximum absolute atomic E-state index is 14.2. The van der Waals surface area contributed by atoms with Gasteiger partial charge in [0, 0.05) is 29.7 Å². The van der Waals surface area contributed by atoms with Crippen molar-refractivity contribution in [2.45, 2.75) is 13.1 Å². The van der Waals surface area contributed by atoms with Crippen LogP contribution in [-0.4, -0.2) is 42.0 Å². The number of carbonyl (C=O) groups is 1. The molecule has 0 spiro atoms. The van der Waals surface area contributed by atoms with Crippen LogP contribution in [0.2, 0.25) is 0 Å². The number of fused-ring (bicyclic) bond motifs is 1. The zero-order chi connectivity index (χ0) is 26.9. The van der Waals surface area contributed by atoms with Crippen LogP contribution >= 0.6 is 11.6 Å². The number of alkyl halides is 3. The molecule has 0 saturated carbocycles. The van der Waals surface area contributed by atoms with Gasteiger partial charge in [-0.2, -0.15) is 28.5 Å². The third-order valence-corrected chi connectivity index (χ3v) is 5.51.